The Morgan fingerprint density at radius 1 is 1.11 bits per heavy atom. The predicted molar refractivity (Wildman–Crippen MR) is 93.5 cm³/mol. The average Bonchev–Trinajstić information content (AvgIpc) is 2.67. The number of rotatable bonds is 3. The van der Waals surface area contributed by atoms with Crippen molar-refractivity contribution in [2.75, 3.05) is 45.3 Å². The van der Waals surface area contributed by atoms with Crippen LogP contribution >= 0.6 is 0 Å². The zero-order chi connectivity index (χ0) is 19.6. The summed E-state index contributed by atoms with van der Waals surface area (Å²) in [7, 11) is 3.15. The van der Waals surface area contributed by atoms with E-state index in [-0.39, 0.29) is 17.5 Å². The normalized spacial score (nSPS) is 14.9. The lowest BCUT2D eigenvalue weighted by atomic mass is 10.1. The number of morpholine rings is 1. The molecule has 0 atom stereocenters. The van der Waals surface area contributed by atoms with Crippen LogP contribution in [0.4, 0.5) is 19.1 Å². The van der Waals surface area contributed by atoms with Crippen LogP contribution < -0.4 is 4.90 Å². The number of nitrogens with zero attached hydrogens (tertiary/aromatic N) is 4. The van der Waals surface area contributed by atoms with E-state index in [0.29, 0.717) is 37.4 Å². The predicted octanol–water partition coefficient (Wildman–Crippen LogP) is 2.70. The van der Waals surface area contributed by atoms with Crippen LogP contribution in [-0.4, -0.2) is 61.2 Å². The topological polar surface area (TPSA) is 58.6 Å². The average molecular weight is 380 g/mol. The van der Waals surface area contributed by atoms with E-state index in [4.69, 9.17) is 4.74 Å². The third kappa shape index (κ3) is 4.36. The van der Waals surface area contributed by atoms with Gasteiger partial charge in [0.25, 0.3) is 5.91 Å². The second-order valence-electron chi connectivity index (χ2n) is 6.31. The van der Waals surface area contributed by atoms with Crippen molar-refractivity contribution in [1.82, 2.24) is 14.9 Å². The molecule has 0 N–H and O–H groups in total. The molecule has 144 valence electrons. The second kappa shape index (κ2) is 7.51. The van der Waals surface area contributed by atoms with Crippen LogP contribution in [0.25, 0.3) is 11.3 Å². The van der Waals surface area contributed by atoms with Gasteiger partial charge in [-0.1, -0.05) is 12.1 Å². The molecule has 2 heterocycles. The van der Waals surface area contributed by atoms with Gasteiger partial charge in [-0.15, -0.1) is 0 Å². The fraction of sp³-hybridized carbons (Fsp3) is 0.389. The van der Waals surface area contributed by atoms with Crippen molar-refractivity contribution in [2.45, 2.75) is 6.18 Å². The molecule has 1 saturated heterocycles. The number of ether oxygens (including phenoxy) is 1. The second-order valence-corrected chi connectivity index (χ2v) is 6.31. The molecule has 3 rings (SSSR count). The Labute approximate surface area is 154 Å². The minimum Gasteiger partial charge on any atom is -0.378 e. The highest BCUT2D eigenvalue weighted by Gasteiger charge is 2.34. The van der Waals surface area contributed by atoms with Crippen molar-refractivity contribution in [2.24, 2.45) is 0 Å². The number of carbonyl (C=O) groups is 1. The summed E-state index contributed by atoms with van der Waals surface area (Å²) in [6, 6.07) is 7.28. The van der Waals surface area contributed by atoms with Gasteiger partial charge < -0.3 is 14.5 Å². The van der Waals surface area contributed by atoms with Crippen LogP contribution in [0, 0.1) is 0 Å². The van der Waals surface area contributed by atoms with E-state index < -0.39 is 11.9 Å². The molecule has 0 aliphatic carbocycles. The van der Waals surface area contributed by atoms with E-state index in [0.717, 1.165) is 6.07 Å². The number of alkyl halides is 3. The van der Waals surface area contributed by atoms with Crippen molar-refractivity contribution < 1.29 is 22.7 Å². The van der Waals surface area contributed by atoms with Crippen molar-refractivity contribution >= 4 is 11.9 Å². The molecule has 0 saturated carbocycles. The maximum Gasteiger partial charge on any atom is 0.433 e. The molecule has 0 radical (unpaired) electrons. The highest BCUT2D eigenvalue weighted by Crippen LogP contribution is 2.31. The van der Waals surface area contributed by atoms with Gasteiger partial charge in [0.05, 0.1) is 18.9 Å². The van der Waals surface area contributed by atoms with Gasteiger partial charge in [0.2, 0.25) is 5.95 Å². The highest BCUT2D eigenvalue weighted by molar-refractivity contribution is 5.94. The van der Waals surface area contributed by atoms with Gasteiger partial charge in [-0.2, -0.15) is 13.2 Å². The van der Waals surface area contributed by atoms with Gasteiger partial charge in [0.1, 0.15) is 0 Å². The lowest BCUT2D eigenvalue weighted by Gasteiger charge is -2.26. The number of carbonyl (C=O) groups excluding carboxylic acids is 1. The first-order valence-electron chi connectivity index (χ1n) is 8.37. The minimum atomic E-state index is -4.57. The fourth-order valence-corrected chi connectivity index (χ4v) is 2.66. The number of aromatic nitrogens is 2. The molecule has 0 bridgehead atoms. The van der Waals surface area contributed by atoms with Gasteiger partial charge in [-0.05, 0) is 18.2 Å². The van der Waals surface area contributed by atoms with Crippen molar-refractivity contribution in [3.8, 4) is 11.3 Å². The molecule has 6 nitrogen and oxygen atoms in total. The molecule has 1 fully saturated rings. The molecule has 1 aromatic carbocycles. The van der Waals surface area contributed by atoms with Gasteiger partial charge in [0.15, 0.2) is 5.69 Å². The smallest absolute Gasteiger partial charge is 0.378 e. The number of amides is 1. The quantitative estimate of drug-likeness (QED) is 0.820. The Kier molecular flexibility index (Phi) is 5.31. The summed E-state index contributed by atoms with van der Waals surface area (Å²) < 4.78 is 44.6. The summed E-state index contributed by atoms with van der Waals surface area (Å²) in [6.07, 6.45) is -4.57. The zero-order valence-electron chi connectivity index (χ0n) is 15.0. The summed E-state index contributed by atoms with van der Waals surface area (Å²) in [4.78, 5) is 23.3. The van der Waals surface area contributed by atoms with Crippen LogP contribution in [0.1, 0.15) is 16.1 Å². The first-order chi connectivity index (χ1) is 12.8. The first kappa shape index (κ1) is 19.1. The molecule has 0 unspecified atom stereocenters. The van der Waals surface area contributed by atoms with Crippen LogP contribution in [0.3, 0.4) is 0 Å². The van der Waals surface area contributed by atoms with E-state index in [1.807, 2.05) is 0 Å². The zero-order valence-corrected chi connectivity index (χ0v) is 15.0. The molecular weight excluding hydrogens is 361 g/mol. The molecule has 9 heteroatoms. The molecular formula is C18H19F3N4O2. The number of halogens is 3. The third-order valence-electron chi connectivity index (χ3n) is 4.13. The van der Waals surface area contributed by atoms with Crippen molar-refractivity contribution in [3.63, 3.8) is 0 Å². The SMILES string of the molecule is CN(C)c1nc(-c2ccc(C(=O)N3CCOCC3)cc2)cc(C(F)(F)F)n1. The van der Waals surface area contributed by atoms with Gasteiger partial charge >= 0.3 is 6.18 Å². The largest absolute Gasteiger partial charge is 0.433 e. The molecule has 1 aliphatic heterocycles. The molecule has 0 spiro atoms. The van der Waals surface area contributed by atoms with E-state index in [2.05, 4.69) is 9.97 Å². The van der Waals surface area contributed by atoms with E-state index in [1.165, 1.54) is 4.90 Å². The summed E-state index contributed by atoms with van der Waals surface area (Å²) in [5, 5.41) is 0. The molecule has 1 aromatic heterocycles. The third-order valence-corrected chi connectivity index (χ3v) is 4.13. The molecule has 1 amide bonds. The Morgan fingerprint density at radius 3 is 2.30 bits per heavy atom. The summed E-state index contributed by atoms with van der Waals surface area (Å²) in [5.74, 6) is -0.161. The molecule has 27 heavy (non-hydrogen) atoms. The highest BCUT2D eigenvalue weighted by atomic mass is 19.4. The molecule has 1 aliphatic rings. The number of benzene rings is 1. The standard InChI is InChI=1S/C18H19F3N4O2/c1-24(2)17-22-14(11-15(23-17)18(19,20)21)12-3-5-13(6-4-12)16(26)25-7-9-27-10-8-25/h3-6,11H,7-10H2,1-2H3. The van der Waals surface area contributed by atoms with Crippen LogP contribution in [0.5, 0.6) is 0 Å². The minimum absolute atomic E-state index is 0.0340. The lowest BCUT2D eigenvalue weighted by molar-refractivity contribution is -0.141. The summed E-state index contributed by atoms with van der Waals surface area (Å²) in [6.45, 7) is 2.04. The Hall–Kier alpha value is -2.68. The summed E-state index contributed by atoms with van der Waals surface area (Å²) in [5.41, 5.74) is 0.0826. The van der Waals surface area contributed by atoms with E-state index in [9.17, 15) is 18.0 Å². The van der Waals surface area contributed by atoms with Gasteiger partial charge in [-0.3, -0.25) is 4.79 Å². The summed E-state index contributed by atoms with van der Waals surface area (Å²) >= 11 is 0. The van der Waals surface area contributed by atoms with Crippen LogP contribution in [0.15, 0.2) is 30.3 Å². The van der Waals surface area contributed by atoms with E-state index >= 15 is 0 Å². The van der Waals surface area contributed by atoms with Crippen molar-refractivity contribution in [1.29, 1.82) is 0 Å². The van der Waals surface area contributed by atoms with Crippen molar-refractivity contribution in [3.05, 3.63) is 41.6 Å². The first-order valence-corrected chi connectivity index (χ1v) is 8.37. The van der Waals surface area contributed by atoms with Gasteiger partial charge in [-0.25, -0.2) is 9.97 Å². The monoisotopic (exact) mass is 380 g/mol. The number of hydrogen-bond acceptors (Lipinski definition) is 5. The maximum absolute atomic E-state index is 13.1. The van der Waals surface area contributed by atoms with Gasteiger partial charge in [0, 0.05) is 38.3 Å². The number of hydrogen-bond donors (Lipinski definition) is 0. The maximum atomic E-state index is 13.1. The number of anilines is 1. The van der Waals surface area contributed by atoms with E-state index in [1.54, 1.807) is 43.3 Å². The Bertz CT molecular complexity index is 816. The Morgan fingerprint density at radius 2 is 1.74 bits per heavy atom. The lowest BCUT2D eigenvalue weighted by Crippen LogP contribution is -2.40. The van der Waals surface area contributed by atoms with Crippen LogP contribution in [-0.2, 0) is 10.9 Å². The Balaban J connectivity index is 1.90. The van der Waals surface area contributed by atoms with Crippen LogP contribution in [0.2, 0.25) is 0 Å². The molecule has 2 aromatic rings. The fourth-order valence-electron chi connectivity index (χ4n) is 2.66.